The summed E-state index contributed by atoms with van der Waals surface area (Å²) in [6.45, 7) is 4.04. The van der Waals surface area contributed by atoms with Gasteiger partial charge in [0.15, 0.2) is 11.5 Å². The van der Waals surface area contributed by atoms with Crippen molar-refractivity contribution in [3.63, 3.8) is 0 Å². The molecule has 1 saturated heterocycles. The molecule has 0 aromatic heterocycles. The van der Waals surface area contributed by atoms with Crippen molar-refractivity contribution in [1.29, 1.82) is 0 Å². The fourth-order valence-electron chi connectivity index (χ4n) is 3.69. The molecule has 0 bridgehead atoms. The van der Waals surface area contributed by atoms with E-state index in [9.17, 15) is 0 Å². The fourth-order valence-corrected chi connectivity index (χ4v) is 3.69. The highest BCUT2D eigenvalue weighted by atomic mass is 16.5. The first-order chi connectivity index (χ1) is 13.2. The van der Waals surface area contributed by atoms with Crippen LogP contribution in [0.4, 0.5) is 0 Å². The van der Waals surface area contributed by atoms with E-state index < -0.39 is 0 Å². The Balaban J connectivity index is 1.53. The van der Waals surface area contributed by atoms with Crippen LogP contribution in [-0.4, -0.2) is 45.4 Å². The van der Waals surface area contributed by atoms with Gasteiger partial charge < -0.3 is 19.5 Å². The molecule has 0 spiro atoms. The van der Waals surface area contributed by atoms with Crippen LogP contribution in [0.15, 0.2) is 42.5 Å². The van der Waals surface area contributed by atoms with Gasteiger partial charge in [-0.2, -0.15) is 0 Å². The van der Waals surface area contributed by atoms with Gasteiger partial charge >= 0.3 is 0 Å². The van der Waals surface area contributed by atoms with Crippen molar-refractivity contribution < 1.29 is 14.2 Å². The lowest BCUT2D eigenvalue weighted by Gasteiger charge is -2.32. The molecule has 27 heavy (non-hydrogen) atoms. The maximum atomic E-state index is 5.58. The number of piperidine rings is 1. The molecule has 0 saturated carbocycles. The molecule has 5 nitrogen and oxygen atoms in total. The van der Waals surface area contributed by atoms with Gasteiger partial charge in [0.1, 0.15) is 0 Å². The van der Waals surface area contributed by atoms with Crippen molar-refractivity contribution in [2.45, 2.75) is 32.0 Å². The van der Waals surface area contributed by atoms with Crippen LogP contribution in [0, 0.1) is 0 Å². The Morgan fingerprint density at radius 3 is 2.22 bits per heavy atom. The predicted molar refractivity (Wildman–Crippen MR) is 108 cm³/mol. The summed E-state index contributed by atoms with van der Waals surface area (Å²) in [5.74, 6) is 2.08. The molecule has 0 aliphatic carbocycles. The molecule has 3 rings (SSSR count). The molecular weight excluding hydrogens is 340 g/mol. The lowest BCUT2D eigenvalue weighted by molar-refractivity contribution is 0.190. The topological polar surface area (TPSA) is 43.0 Å². The zero-order chi connectivity index (χ0) is 19.1. The van der Waals surface area contributed by atoms with E-state index in [0.29, 0.717) is 17.5 Å². The summed E-state index contributed by atoms with van der Waals surface area (Å²) in [5.41, 5.74) is 2.47. The number of hydrogen-bond acceptors (Lipinski definition) is 5. The number of benzene rings is 2. The number of likely N-dealkylation sites (tertiary alicyclic amines) is 1. The van der Waals surface area contributed by atoms with Crippen LogP contribution < -0.4 is 19.5 Å². The van der Waals surface area contributed by atoms with E-state index in [1.165, 1.54) is 5.56 Å². The first-order valence-corrected chi connectivity index (χ1v) is 9.52. The van der Waals surface area contributed by atoms with Crippen molar-refractivity contribution in [2.24, 2.45) is 0 Å². The zero-order valence-corrected chi connectivity index (χ0v) is 16.5. The molecule has 146 valence electrons. The molecule has 2 aromatic carbocycles. The van der Waals surface area contributed by atoms with E-state index in [-0.39, 0.29) is 0 Å². The first-order valence-electron chi connectivity index (χ1n) is 9.52. The Morgan fingerprint density at radius 2 is 1.59 bits per heavy atom. The van der Waals surface area contributed by atoms with Crippen molar-refractivity contribution in [3.05, 3.63) is 53.6 Å². The third-order valence-corrected chi connectivity index (χ3v) is 5.20. The minimum Gasteiger partial charge on any atom is -0.493 e. The van der Waals surface area contributed by atoms with Crippen LogP contribution in [0.5, 0.6) is 17.2 Å². The van der Waals surface area contributed by atoms with Crippen molar-refractivity contribution in [3.8, 4) is 17.2 Å². The highest BCUT2D eigenvalue weighted by Gasteiger charge is 2.20. The first kappa shape index (κ1) is 19.5. The Morgan fingerprint density at radius 1 is 0.889 bits per heavy atom. The average Bonchev–Trinajstić information content (AvgIpc) is 2.73. The van der Waals surface area contributed by atoms with Crippen LogP contribution in [0.3, 0.4) is 0 Å². The van der Waals surface area contributed by atoms with Crippen molar-refractivity contribution >= 4 is 0 Å². The molecule has 5 heteroatoms. The molecule has 0 amide bonds. The molecular formula is C22H30N2O3. The zero-order valence-electron chi connectivity index (χ0n) is 16.5. The molecule has 0 unspecified atom stereocenters. The number of methoxy groups -OCH3 is 3. The van der Waals surface area contributed by atoms with Gasteiger partial charge in [0.05, 0.1) is 21.3 Å². The van der Waals surface area contributed by atoms with Crippen LogP contribution >= 0.6 is 0 Å². The minimum atomic E-state index is 0.523. The third kappa shape index (κ3) is 4.93. The largest absolute Gasteiger partial charge is 0.493 e. The lowest BCUT2D eigenvalue weighted by atomic mass is 10.0. The smallest absolute Gasteiger partial charge is 0.203 e. The molecule has 1 N–H and O–H groups in total. The van der Waals surface area contributed by atoms with Crippen molar-refractivity contribution in [1.82, 2.24) is 10.2 Å². The number of nitrogens with one attached hydrogen (secondary N) is 1. The lowest BCUT2D eigenvalue weighted by Crippen LogP contribution is -2.41. The number of hydrogen-bond donors (Lipinski definition) is 1. The molecule has 1 heterocycles. The second-order valence-electron chi connectivity index (χ2n) is 6.91. The molecule has 0 atom stereocenters. The number of rotatable bonds is 8. The monoisotopic (exact) mass is 370 g/mol. The van der Waals surface area contributed by atoms with Crippen LogP contribution in [0.1, 0.15) is 24.0 Å². The standard InChI is InChI=1S/C22H30N2O3/c1-25-20-10-9-18(21(26-2)22(20)27-3)15-23-19-11-13-24(14-12-19)16-17-7-5-4-6-8-17/h4-10,19,23H,11-16H2,1-3H3. The summed E-state index contributed by atoms with van der Waals surface area (Å²) in [7, 11) is 4.95. The van der Waals surface area contributed by atoms with Crippen LogP contribution in [0.25, 0.3) is 0 Å². The summed E-state index contributed by atoms with van der Waals surface area (Å²) in [5, 5.41) is 3.68. The van der Waals surface area contributed by atoms with Gasteiger partial charge in [-0.25, -0.2) is 0 Å². The number of nitrogens with zero attached hydrogens (tertiary/aromatic N) is 1. The van der Waals surface area contributed by atoms with E-state index in [0.717, 1.165) is 50.3 Å². The van der Waals surface area contributed by atoms with Crippen LogP contribution in [-0.2, 0) is 13.1 Å². The van der Waals surface area contributed by atoms with E-state index in [4.69, 9.17) is 14.2 Å². The average molecular weight is 370 g/mol. The summed E-state index contributed by atoms with van der Waals surface area (Å²) >= 11 is 0. The Labute approximate surface area is 162 Å². The van der Waals surface area contributed by atoms with Gasteiger partial charge in [-0.3, -0.25) is 4.90 Å². The molecule has 1 fully saturated rings. The van der Waals surface area contributed by atoms with E-state index in [1.54, 1.807) is 21.3 Å². The molecule has 2 aromatic rings. The predicted octanol–water partition coefficient (Wildman–Crippen LogP) is 3.47. The Hall–Kier alpha value is -2.24. The minimum absolute atomic E-state index is 0.523. The second kappa shape index (κ2) is 9.62. The summed E-state index contributed by atoms with van der Waals surface area (Å²) in [6.07, 6.45) is 2.31. The third-order valence-electron chi connectivity index (χ3n) is 5.20. The maximum Gasteiger partial charge on any atom is 0.203 e. The summed E-state index contributed by atoms with van der Waals surface area (Å²) < 4.78 is 16.4. The van der Waals surface area contributed by atoms with Gasteiger partial charge in [0, 0.05) is 24.7 Å². The Bertz CT molecular complexity index is 713. The van der Waals surface area contributed by atoms with E-state index in [2.05, 4.69) is 40.5 Å². The highest BCUT2D eigenvalue weighted by Crippen LogP contribution is 2.39. The quantitative estimate of drug-likeness (QED) is 0.771. The van der Waals surface area contributed by atoms with Gasteiger partial charge in [-0.1, -0.05) is 36.4 Å². The van der Waals surface area contributed by atoms with Gasteiger partial charge in [0.2, 0.25) is 5.75 Å². The highest BCUT2D eigenvalue weighted by molar-refractivity contribution is 5.55. The summed E-state index contributed by atoms with van der Waals surface area (Å²) in [6, 6.07) is 15.2. The van der Waals surface area contributed by atoms with E-state index >= 15 is 0 Å². The molecule has 1 aliphatic rings. The normalized spacial score (nSPS) is 15.5. The fraction of sp³-hybridized carbons (Fsp3) is 0.455. The summed E-state index contributed by atoms with van der Waals surface area (Å²) in [4.78, 5) is 2.53. The number of ether oxygens (including phenoxy) is 3. The van der Waals surface area contributed by atoms with Crippen molar-refractivity contribution in [2.75, 3.05) is 34.4 Å². The van der Waals surface area contributed by atoms with Gasteiger partial charge in [-0.05, 0) is 37.6 Å². The second-order valence-corrected chi connectivity index (χ2v) is 6.91. The maximum absolute atomic E-state index is 5.58. The van der Waals surface area contributed by atoms with Crippen LogP contribution in [0.2, 0.25) is 0 Å². The Kier molecular flexibility index (Phi) is 6.96. The molecule has 1 aliphatic heterocycles. The van der Waals surface area contributed by atoms with E-state index in [1.807, 2.05) is 12.1 Å². The van der Waals surface area contributed by atoms with Gasteiger partial charge in [0.25, 0.3) is 0 Å². The van der Waals surface area contributed by atoms with Gasteiger partial charge in [-0.15, -0.1) is 0 Å². The SMILES string of the molecule is COc1ccc(CNC2CCN(Cc3ccccc3)CC2)c(OC)c1OC. The molecule has 0 radical (unpaired) electrons.